The number of rotatable bonds is 2. The fourth-order valence-corrected chi connectivity index (χ4v) is 7.60. The number of nitrogens with zero attached hydrogens (tertiary/aromatic N) is 3. The average molecular weight is 458 g/mol. The van der Waals surface area contributed by atoms with E-state index in [4.69, 9.17) is 18.9 Å². The number of ether oxygens (including phenoxy) is 4. The summed E-state index contributed by atoms with van der Waals surface area (Å²) in [5.74, 6) is -3.47. The zero-order valence-electron chi connectivity index (χ0n) is 19.4. The summed E-state index contributed by atoms with van der Waals surface area (Å²) in [6.07, 6.45) is 1.16. The van der Waals surface area contributed by atoms with Crippen molar-refractivity contribution in [3.8, 4) is 0 Å². The lowest BCUT2D eigenvalue weighted by atomic mass is 9.70. The van der Waals surface area contributed by atoms with Crippen molar-refractivity contribution in [2.45, 2.75) is 73.6 Å². The molecule has 0 aromatic rings. The zero-order valence-corrected chi connectivity index (χ0v) is 19.4. The van der Waals surface area contributed by atoms with Gasteiger partial charge in [0, 0.05) is 36.5 Å². The molecule has 9 heteroatoms. The number of fused-ring (bicyclic) bond motifs is 6. The van der Waals surface area contributed by atoms with Crippen LogP contribution >= 0.6 is 0 Å². The van der Waals surface area contributed by atoms with Gasteiger partial charge in [-0.15, -0.1) is 0 Å². The van der Waals surface area contributed by atoms with Gasteiger partial charge < -0.3 is 18.9 Å². The quantitative estimate of drug-likeness (QED) is 0.611. The fraction of sp³-hybridized carbons (Fsp3) is 1.00. The predicted molar refractivity (Wildman–Crippen MR) is 113 cm³/mol. The zero-order chi connectivity index (χ0) is 22.2. The van der Waals surface area contributed by atoms with Crippen LogP contribution in [0.15, 0.2) is 0 Å². The lowest BCUT2D eigenvalue weighted by Crippen LogP contribution is -2.74. The van der Waals surface area contributed by atoms with Crippen molar-refractivity contribution >= 4 is 0 Å². The molecule has 7 nitrogen and oxygen atoms in total. The number of morpholine rings is 4. The summed E-state index contributed by atoms with van der Waals surface area (Å²) in [7, 11) is 6.20. The monoisotopic (exact) mass is 457 g/mol. The Labute approximate surface area is 189 Å². The molecule has 0 aromatic heterocycles. The normalized spacial score (nSPS) is 52.0. The first-order valence-corrected chi connectivity index (χ1v) is 12.3. The Balaban J connectivity index is 1.24. The van der Waals surface area contributed by atoms with E-state index in [-0.39, 0.29) is 48.7 Å². The standard InChI is InChI=1S/C23H37F2N3O4/c1-26-13-4-5-15(17(26)10-29-7-13)21-16-6-23(24,25)20(18(12-32-21)28(16)3)22-19-11-30-8-14(9-31-22)27(19)2/h13-22H,4-12H2,1-3H3. The molecule has 0 radical (unpaired) electrons. The van der Waals surface area contributed by atoms with Gasteiger partial charge in [-0.2, -0.15) is 0 Å². The summed E-state index contributed by atoms with van der Waals surface area (Å²) >= 11 is 0. The summed E-state index contributed by atoms with van der Waals surface area (Å²) in [5.41, 5.74) is 0. The van der Waals surface area contributed by atoms with Crippen LogP contribution in [-0.4, -0.2) is 130 Å². The fourth-order valence-electron chi connectivity index (χ4n) is 7.60. The smallest absolute Gasteiger partial charge is 0.256 e. The third-order valence-electron chi connectivity index (χ3n) is 9.63. The van der Waals surface area contributed by atoms with Gasteiger partial charge in [0.05, 0.1) is 69.9 Å². The second-order valence-electron chi connectivity index (χ2n) is 11.0. The highest BCUT2D eigenvalue weighted by molar-refractivity contribution is 5.11. The summed E-state index contributed by atoms with van der Waals surface area (Å²) in [5, 5.41) is 0. The van der Waals surface area contributed by atoms with Crippen molar-refractivity contribution in [2.24, 2.45) is 11.8 Å². The van der Waals surface area contributed by atoms with Crippen molar-refractivity contribution in [1.29, 1.82) is 0 Å². The topological polar surface area (TPSA) is 46.6 Å². The largest absolute Gasteiger partial charge is 0.378 e. The molecule has 10 atom stereocenters. The summed E-state index contributed by atoms with van der Waals surface area (Å²) < 4.78 is 56.0. The maximum absolute atomic E-state index is 15.9. The maximum atomic E-state index is 15.9. The van der Waals surface area contributed by atoms with Crippen molar-refractivity contribution < 1.29 is 27.7 Å². The first-order valence-electron chi connectivity index (χ1n) is 12.3. The Bertz CT molecular complexity index is 715. The molecule has 6 heterocycles. The van der Waals surface area contributed by atoms with E-state index in [1.165, 1.54) is 0 Å². The van der Waals surface area contributed by atoms with Crippen LogP contribution in [-0.2, 0) is 18.9 Å². The summed E-state index contributed by atoms with van der Waals surface area (Å²) in [6.45, 7) is 3.28. The first kappa shape index (κ1) is 22.1. The minimum absolute atomic E-state index is 0.135. The number of halogens is 2. The number of hydrogen-bond acceptors (Lipinski definition) is 7. The molecule has 0 spiro atoms. The predicted octanol–water partition coefficient (Wildman–Crippen LogP) is 0.917. The molecule has 6 fully saturated rings. The molecule has 6 aliphatic rings. The van der Waals surface area contributed by atoms with Gasteiger partial charge in [-0.05, 0) is 34.0 Å². The van der Waals surface area contributed by atoms with Crippen LogP contribution in [0.2, 0.25) is 0 Å². The van der Waals surface area contributed by atoms with Crippen LogP contribution in [0.1, 0.15) is 19.3 Å². The molecule has 0 saturated carbocycles. The third kappa shape index (κ3) is 3.30. The van der Waals surface area contributed by atoms with Crippen molar-refractivity contribution in [3.05, 3.63) is 0 Å². The third-order valence-corrected chi connectivity index (χ3v) is 9.63. The van der Waals surface area contributed by atoms with Crippen LogP contribution in [0.5, 0.6) is 0 Å². The Morgan fingerprint density at radius 2 is 1.34 bits per heavy atom. The van der Waals surface area contributed by atoms with E-state index in [0.717, 1.165) is 19.4 Å². The number of alkyl halides is 2. The Morgan fingerprint density at radius 3 is 2.16 bits per heavy atom. The van der Waals surface area contributed by atoms with E-state index in [2.05, 4.69) is 21.7 Å². The van der Waals surface area contributed by atoms with Gasteiger partial charge in [-0.3, -0.25) is 14.7 Å². The Morgan fingerprint density at radius 1 is 0.656 bits per heavy atom. The molecule has 182 valence electrons. The molecule has 32 heavy (non-hydrogen) atoms. The SMILES string of the molecule is CN1C2CCC(C3OCC4C(C5OCC6COCC5N6C)C(F)(F)CC3N4C)C1COC2. The minimum atomic E-state index is -2.80. The molecule has 0 amide bonds. The molecule has 6 rings (SSSR count). The van der Waals surface area contributed by atoms with Gasteiger partial charge in [-0.25, -0.2) is 8.78 Å². The second-order valence-corrected chi connectivity index (χ2v) is 11.0. The van der Waals surface area contributed by atoms with Gasteiger partial charge in [0.25, 0.3) is 5.92 Å². The second kappa shape index (κ2) is 8.07. The maximum Gasteiger partial charge on any atom is 0.256 e. The van der Waals surface area contributed by atoms with E-state index >= 15 is 8.78 Å². The van der Waals surface area contributed by atoms with Gasteiger partial charge in [-0.1, -0.05) is 0 Å². The molecular weight excluding hydrogens is 420 g/mol. The number of hydrogen-bond donors (Lipinski definition) is 0. The molecule has 10 unspecified atom stereocenters. The van der Waals surface area contributed by atoms with Crippen molar-refractivity contribution in [3.63, 3.8) is 0 Å². The van der Waals surface area contributed by atoms with Crippen LogP contribution in [0, 0.1) is 11.8 Å². The van der Waals surface area contributed by atoms with E-state index in [0.29, 0.717) is 39.1 Å². The van der Waals surface area contributed by atoms with Crippen molar-refractivity contribution in [2.75, 3.05) is 60.8 Å². The number of likely N-dealkylation sites (N-methyl/N-ethyl adjacent to an activating group) is 3. The van der Waals surface area contributed by atoms with E-state index in [9.17, 15) is 0 Å². The molecule has 0 aromatic carbocycles. The van der Waals surface area contributed by atoms with Gasteiger partial charge in [0.2, 0.25) is 0 Å². The van der Waals surface area contributed by atoms with Gasteiger partial charge in [0.1, 0.15) is 0 Å². The molecule has 0 aliphatic carbocycles. The van der Waals surface area contributed by atoms with Gasteiger partial charge >= 0.3 is 0 Å². The number of piperidine rings is 2. The Kier molecular flexibility index (Phi) is 5.57. The van der Waals surface area contributed by atoms with Crippen LogP contribution in [0.3, 0.4) is 0 Å². The molecule has 6 bridgehead atoms. The highest BCUT2D eigenvalue weighted by Crippen LogP contribution is 2.50. The molecular formula is C23H37F2N3O4. The van der Waals surface area contributed by atoms with Crippen LogP contribution in [0.25, 0.3) is 0 Å². The lowest BCUT2D eigenvalue weighted by Gasteiger charge is -2.60. The minimum Gasteiger partial charge on any atom is -0.378 e. The lowest BCUT2D eigenvalue weighted by molar-refractivity contribution is -0.277. The molecule has 0 N–H and O–H groups in total. The first-order chi connectivity index (χ1) is 15.4. The summed E-state index contributed by atoms with van der Waals surface area (Å²) in [6, 6.07) is 0.0737. The average Bonchev–Trinajstić information content (AvgIpc) is 2.72. The van der Waals surface area contributed by atoms with Gasteiger partial charge in [0.15, 0.2) is 0 Å². The van der Waals surface area contributed by atoms with E-state index in [1.54, 1.807) is 0 Å². The Hall–Kier alpha value is -0.420. The molecule has 6 saturated heterocycles. The van der Waals surface area contributed by atoms with Crippen LogP contribution < -0.4 is 0 Å². The highest BCUT2D eigenvalue weighted by Gasteiger charge is 2.63. The highest BCUT2D eigenvalue weighted by atomic mass is 19.3. The van der Waals surface area contributed by atoms with Crippen molar-refractivity contribution in [1.82, 2.24) is 14.7 Å². The summed E-state index contributed by atoms with van der Waals surface area (Å²) in [4.78, 5) is 6.80. The van der Waals surface area contributed by atoms with Crippen LogP contribution in [0.4, 0.5) is 8.78 Å². The van der Waals surface area contributed by atoms with E-state index < -0.39 is 17.9 Å². The van der Waals surface area contributed by atoms with E-state index in [1.807, 2.05) is 14.1 Å². The molecule has 6 aliphatic heterocycles.